The summed E-state index contributed by atoms with van der Waals surface area (Å²) >= 11 is 0. The van der Waals surface area contributed by atoms with Crippen molar-refractivity contribution in [1.82, 2.24) is 10.2 Å². The van der Waals surface area contributed by atoms with Gasteiger partial charge >= 0.3 is 0 Å². The van der Waals surface area contributed by atoms with Gasteiger partial charge in [0.05, 0.1) is 17.2 Å². The summed E-state index contributed by atoms with van der Waals surface area (Å²) in [6, 6.07) is 8.72. The van der Waals surface area contributed by atoms with Crippen LogP contribution in [0.15, 0.2) is 24.3 Å². The quantitative estimate of drug-likeness (QED) is 0.810. The highest BCUT2D eigenvalue weighted by Gasteiger charge is 2.35. The van der Waals surface area contributed by atoms with E-state index in [2.05, 4.69) is 11.4 Å². The van der Waals surface area contributed by atoms with Crippen molar-refractivity contribution in [3.63, 3.8) is 0 Å². The molecule has 0 fully saturated rings. The molecular formula is C18H21N3O3. The van der Waals surface area contributed by atoms with Crippen LogP contribution in [0.3, 0.4) is 0 Å². The van der Waals surface area contributed by atoms with Crippen LogP contribution < -0.4 is 5.32 Å². The maximum Gasteiger partial charge on any atom is 0.261 e. The minimum absolute atomic E-state index is 0.00136. The van der Waals surface area contributed by atoms with Gasteiger partial charge in [0.1, 0.15) is 5.54 Å². The number of carbonyl (C=O) groups excluding carboxylic acids is 3. The molecule has 0 saturated heterocycles. The van der Waals surface area contributed by atoms with Gasteiger partial charge in [0.15, 0.2) is 0 Å². The normalized spacial score (nSPS) is 15.9. The minimum atomic E-state index is -0.951. The lowest BCUT2D eigenvalue weighted by atomic mass is 9.92. The first-order valence-electron chi connectivity index (χ1n) is 7.95. The van der Waals surface area contributed by atoms with Crippen molar-refractivity contribution < 1.29 is 14.4 Å². The highest BCUT2D eigenvalue weighted by Crippen LogP contribution is 2.22. The van der Waals surface area contributed by atoms with Gasteiger partial charge in [-0.25, -0.2) is 0 Å². The number of benzene rings is 1. The van der Waals surface area contributed by atoms with Crippen LogP contribution in [-0.2, 0) is 4.79 Å². The Morgan fingerprint density at radius 3 is 2.25 bits per heavy atom. The molecule has 0 saturated carbocycles. The van der Waals surface area contributed by atoms with Crippen molar-refractivity contribution in [1.29, 1.82) is 5.26 Å². The van der Waals surface area contributed by atoms with Gasteiger partial charge in [0.25, 0.3) is 11.8 Å². The zero-order valence-electron chi connectivity index (χ0n) is 14.1. The van der Waals surface area contributed by atoms with Crippen LogP contribution in [0.2, 0.25) is 0 Å². The van der Waals surface area contributed by atoms with Gasteiger partial charge in [-0.2, -0.15) is 5.26 Å². The second-order valence-electron chi connectivity index (χ2n) is 6.65. The van der Waals surface area contributed by atoms with Crippen LogP contribution in [0, 0.1) is 17.2 Å². The number of fused-ring (bicyclic) bond motifs is 1. The molecule has 6 nitrogen and oxygen atoms in total. The summed E-state index contributed by atoms with van der Waals surface area (Å²) < 4.78 is 0. The highest BCUT2D eigenvalue weighted by molar-refractivity contribution is 6.21. The number of imide groups is 1. The molecule has 1 N–H and O–H groups in total. The average Bonchev–Trinajstić information content (AvgIpc) is 2.76. The van der Waals surface area contributed by atoms with Gasteiger partial charge in [-0.1, -0.05) is 26.0 Å². The molecule has 0 radical (unpaired) electrons. The van der Waals surface area contributed by atoms with Crippen molar-refractivity contribution in [3.8, 4) is 6.07 Å². The fraction of sp³-hybridized carbons (Fsp3) is 0.444. The Balaban J connectivity index is 1.97. The SMILES string of the molecule is CC(C)C[C@@](C)(C#N)NC(=O)CCN1C(=O)c2ccccc2C1=O. The molecule has 6 heteroatoms. The first-order valence-corrected chi connectivity index (χ1v) is 7.95. The number of nitrogens with one attached hydrogen (secondary N) is 1. The Morgan fingerprint density at radius 1 is 1.25 bits per heavy atom. The molecule has 1 aliphatic rings. The predicted molar refractivity (Wildman–Crippen MR) is 88.0 cm³/mol. The maximum absolute atomic E-state index is 12.2. The molecule has 2 rings (SSSR count). The summed E-state index contributed by atoms with van der Waals surface area (Å²) in [5.74, 6) is -0.857. The molecule has 3 amide bonds. The lowest BCUT2D eigenvalue weighted by molar-refractivity contribution is -0.122. The second-order valence-corrected chi connectivity index (χ2v) is 6.65. The number of rotatable bonds is 6. The van der Waals surface area contributed by atoms with E-state index in [1.54, 1.807) is 31.2 Å². The maximum atomic E-state index is 12.2. The number of nitriles is 1. The van der Waals surface area contributed by atoms with Crippen molar-refractivity contribution in [2.24, 2.45) is 5.92 Å². The number of hydrogen-bond acceptors (Lipinski definition) is 4. The van der Waals surface area contributed by atoms with Crippen LogP contribution in [0.4, 0.5) is 0 Å². The smallest absolute Gasteiger partial charge is 0.261 e. The molecule has 24 heavy (non-hydrogen) atoms. The summed E-state index contributed by atoms with van der Waals surface area (Å²) in [5.41, 5.74) is -0.220. The summed E-state index contributed by atoms with van der Waals surface area (Å²) in [6.07, 6.45) is 0.503. The third-order valence-corrected chi connectivity index (χ3v) is 3.92. The average molecular weight is 327 g/mol. The number of amides is 3. The molecule has 0 unspecified atom stereocenters. The molecule has 1 heterocycles. The molecule has 1 aromatic rings. The first-order chi connectivity index (χ1) is 11.3. The Bertz CT molecular complexity index is 685. The Kier molecular flexibility index (Phi) is 5.03. The Morgan fingerprint density at radius 2 is 1.79 bits per heavy atom. The third kappa shape index (κ3) is 3.62. The number of carbonyl (C=O) groups is 3. The monoisotopic (exact) mass is 327 g/mol. The van der Waals surface area contributed by atoms with Crippen LogP contribution >= 0.6 is 0 Å². The van der Waals surface area contributed by atoms with Gasteiger partial charge in [0, 0.05) is 13.0 Å². The van der Waals surface area contributed by atoms with E-state index in [9.17, 15) is 19.6 Å². The largest absolute Gasteiger partial charge is 0.338 e. The number of hydrogen-bond donors (Lipinski definition) is 1. The summed E-state index contributed by atoms with van der Waals surface area (Å²) in [5, 5.41) is 12.0. The Hall–Kier alpha value is -2.68. The van der Waals surface area contributed by atoms with E-state index in [0.717, 1.165) is 4.90 Å². The first kappa shape index (κ1) is 17.7. The standard InChI is InChI=1S/C18H21N3O3/c1-12(2)10-18(3,11-19)20-15(22)8-9-21-16(23)13-6-4-5-7-14(13)17(21)24/h4-7,12H,8-10H2,1-3H3,(H,20,22)/t18-/m0/s1. The zero-order valence-corrected chi connectivity index (χ0v) is 14.1. The van der Waals surface area contributed by atoms with Crippen LogP contribution in [0.5, 0.6) is 0 Å². The van der Waals surface area contributed by atoms with E-state index in [4.69, 9.17) is 0 Å². The third-order valence-electron chi connectivity index (χ3n) is 3.92. The van der Waals surface area contributed by atoms with Gasteiger partial charge < -0.3 is 5.32 Å². The van der Waals surface area contributed by atoms with E-state index in [0.29, 0.717) is 17.5 Å². The fourth-order valence-electron chi connectivity index (χ4n) is 2.97. The summed E-state index contributed by atoms with van der Waals surface area (Å²) in [6.45, 7) is 5.62. The van der Waals surface area contributed by atoms with Crippen LogP contribution in [0.25, 0.3) is 0 Å². The van der Waals surface area contributed by atoms with E-state index in [1.165, 1.54) is 0 Å². The molecule has 0 spiro atoms. The van der Waals surface area contributed by atoms with Crippen molar-refractivity contribution in [2.45, 2.75) is 39.2 Å². The van der Waals surface area contributed by atoms with Gasteiger partial charge in [-0.05, 0) is 31.4 Å². The van der Waals surface area contributed by atoms with Gasteiger partial charge in [0.2, 0.25) is 5.91 Å². The lowest BCUT2D eigenvalue weighted by Crippen LogP contribution is -2.46. The summed E-state index contributed by atoms with van der Waals surface area (Å²) in [7, 11) is 0. The molecule has 126 valence electrons. The topological polar surface area (TPSA) is 90.3 Å². The van der Waals surface area contributed by atoms with E-state index >= 15 is 0 Å². The Labute approximate surface area is 141 Å². The number of nitrogens with zero attached hydrogens (tertiary/aromatic N) is 2. The minimum Gasteiger partial charge on any atom is -0.338 e. The highest BCUT2D eigenvalue weighted by atomic mass is 16.2. The molecule has 1 atom stereocenters. The summed E-state index contributed by atoms with van der Waals surface area (Å²) in [4.78, 5) is 37.7. The van der Waals surface area contributed by atoms with E-state index in [1.807, 2.05) is 13.8 Å². The molecule has 0 bridgehead atoms. The van der Waals surface area contributed by atoms with Gasteiger partial charge in [-0.15, -0.1) is 0 Å². The molecule has 1 aromatic carbocycles. The zero-order chi connectivity index (χ0) is 17.9. The van der Waals surface area contributed by atoms with Crippen LogP contribution in [0.1, 0.15) is 54.3 Å². The van der Waals surface area contributed by atoms with E-state index in [-0.39, 0.29) is 36.6 Å². The van der Waals surface area contributed by atoms with E-state index < -0.39 is 5.54 Å². The molecular weight excluding hydrogens is 306 g/mol. The molecule has 1 aliphatic heterocycles. The molecule has 0 aromatic heterocycles. The van der Waals surface area contributed by atoms with Crippen LogP contribution in [-0.4, -0.2) is 34.7 Å². The fourth-order valence-corrected chi connectivity index (χ4v) is 2.97. The predicted octanol–water partition coefficient (Wildman–Crippen LogP) is 2.12. The van der Waals surface area contributed by atoms with Crippen molar-refractivity contribution in [3.05, 3.63) is 35.4 Å². The van der Waals surface area contributed by atoms with Crippen molar-refractivity contribution in [2.75, 3.05) is 6.54 Å². The van der Waals surface area contributed by atoms with Crippen molar-refractivity contribution >= 4 is 17.7 Å². The lowest BCUT2D eigenvalue weighted by Gasteiger charge is -2.25. The second kappa shape index (κ2) is 6.83. The molecule has 0 aliphatic carbocycles. The van der Waals surface area contributed by atoms with Gasteiger partial charge in [-0.3, -0.25) is 19.3 Å².